The monoisotopic (exact) mass is 427 g/mol. The molecule has 2 fully saturated rings. The Labute approximate surface area is 179 Å². The molecule has 0 radical (unpaired) electrons. The highest BCUT2D eigenvalue weighted by Crippen LogP contribution is 2.25. The molecule has 2 aliphatic heterocycles. The number of carbonyl (C=O) groups excluding carboxylic acids is 3. The fourth-order valence-electron chi connectivity index (χ4n) is 4.01. The Morgan fingerprint density at radius 3 is 2.63 bits per heavy atom. The summed E-state index contributed by atoms with van der Waals surface area (Å²) in [6, 6.07) is 12.7. The number of methoxy groups -OCH3 is 1. The molecule has 2 N–H and O–H groups in total. The van der Waals surface area contributed by atoms with E-state index in [0.29, 0.717) is 30.0 Å². The normalized spacial score (nSPS) is 23.0. The highest BCUT2D eigenvalue weighted by molar-refractivity contribution is 6.33. The standard InChI is InChI=1S/C22H22ClN3O4/c1-30-15-8-6-13(7-9-15)10-18-22(29)26-12-14(11-19(26)21(28)25-18)24-20(27)16-4-2-3-5-17(16)23/h2-9,14,18-19H,10-12H2,1H3,(H,24,27)(H,25,28)/t14-,18-,19-/m0/s1. The first-order chi connectivity index (χ1) is 14.5. The molecule has 0 bridgehead atoms. The van der Waals surface area contributed by atoms with Gasteiger partial charge < -0.3 is 20.3 Å². The van der Waals surface area contributed by atoms with Crippen LogP contribution in [0.5, 0.6) is 5.75 Å². The number of nitrogens with zero attached hydrogens (tertiary/aromatic N) is 1. The molecule has 3 amide bonds. The van der Waals surface area contributed by atoms with E-state index in [2.05, 4.69) is 10.6 Å². The number of amides is 3. The third-order valence-corrected chi connectivity index (χ3v) is 5.88. The molecular weight excluding hydrogens is 406 g/mol. The van der Waals surface area contributed by atoms with Crippen molar-refractivity contribution in [2.24, 2.45) is 0 Å². The third kappa shape index (κ3) is 3.98. The smallest absolute Gasteiger partial charge is 0.253 e. The minimum absolute atomic E-state index is 0.134. The zero-order valence-electron chi connectivity index (χ0n) is 16.4. The van der Waals surface area contributed by atoms with E-state index >= 15 is 0 Å². The molecule has 0 aliphatic carbocycles. The topological polar surface area (TPSA) is 87.7 Å². The summed E-state index contributed by atoms with van der Waals surface area (Å²) in [7, 11) is 1.59. The zero-order valence-corrected chi connectivity index (χ0v) is 17.2. The van der Waals surface area contributed by atoms with Gasteiger partial charge in [0.05, 0.1) is 17.7 Å². The Kier molecular flexibility index (Phi) is 5.63. The number of fused-ring (bicyclic) bond motifs is 1. The molecule has 0 spiro atoms. The van der Waals surface area contributed by atoms with Crippen molar-refractivity contribution >= 4 is 29.3 Å². The number of ether oxygens (including phenoxy) is 1. The first-order valence-corrected chi connectivity index (χ1v) is 10.1. The van der Waals surface area contributed by atoms with E-state index in [-0.39, 0.29) is 23.8 Å². The van der Waals surface area contributed by atoms with E-state index in [1.807, 2.05) is 24.3 Å². The summed E-state index contributed by atoms with van der Waals surface area (Å²) in [6.45, 7) is 0.298. The van der Waals surface area contributed by atoms with Crippen LogP contribution in [0.4, 0.5) is 0 Å². The van der Waals surface area contributed by atoms with Gasteiger partial charge in [-0.1, -0.05) is 35.9 Å². The van der Waals surface area contributed by atoms with E-state index in [1.54, 1.807) is 36.3 Å². The van der Waals surface area contributed by atoms with Crippen LogP contribution in [0, 0.1) is 0 Å². The summed E-state index contributed by atoms with van der Waals surface area (Å²) < 4.78 is 5.15. The van der Waals surface area contributed by atoms with Crippen LogP contribution < -0.4 is 15.4 Å². The van der Waals surface area contributed by atoms with Gasteiger partial charge in [0.2, 0.25) is 11.8 Å². The highest BCUT2D eigenvalue weighted by atomic mass is 35.5. The van der Waals surface area contributed by atoms with Crippen LogP contribution in [0.1, 0.15) is 22.3 Å². The lowest BCUT2D eigenvalue weighted by Gasteiger charge is -2.34. The lowest BCUT2D eigenvalue weighted by atomic mass is 10.0. The first-order valence-electron chi connectivity index (χ1n) is 9.75. The van der Waals surface area contributed by atoms with Crippen molar-refractivity contribution in [1.29, 1.82) is 0 Å². The van der Waals surface area contributed by atoms with Crippen molar-refractivity contribution in [1.82, 2.24) is 15.5 Å². The number of nitrogens with one attached hydrogen (secondary N) is 2. The Morgan fingerprint density at radius 2 is 1.93 bits per heavy atom. The van der Waals surface area contributed by atoms with Crippen LogP contribution in [-0.2, 0) is 16.0 Å². The van der Waals surface area contributed by atoms with Gasteiger partial charge in [-0.15, -0.1) is 0 Å². The number of benzene rings is 2. The zero-order chi connectivity index (χ0) is 21.3. The minimum Gasteiger partial charge on any atom is -0.497 e. The van der Waals surface area contributed by atoms with Gasteiger partial charge in [-0.05, 0) is 36.2 Å². The molecule has 2 aromatic carbocycles. The van der Waals surface area contributed by atoms with Gasteiger partial charge in [0.1, 0.15) is 17.8 Å². The average Bonchev–Trinajstić information content (AvgIpc) is 3.17. The van der Waals surface area contributed by atoms with Gasteiger partial charge in [0.15, 0.2) is 0 Å². The van der Waals surface area contributed by atoms with Crippen molar-refractivity contribution in [2.75, 3.05) is 13.7 Å². The summed E-state index contributed by atoms with van der Waals surface area (Å²) >= 11 is 6.09. The molecule has 0 unspecified atom stereocenters. The molecule has 2 aromatic rings. The number of piperazine rings is 1. The lowest BCUT2D eigenvalue weighted by molar-refractivity contribution is -0.147. The molecule has 8 heteroatoms. The van der Waals surface area contributed by atoms with Gasteiger partial charge in [-0.2, -0.15) is 0 Å². The van der Waals surface area contributed by atoms with Gasteiger partial charge in [0.25, 0.3) is 5.91 Å². The predicted molar refractivity (Wildman–Crippen MR) is 111 cm³/mol. The highest BCUT2D eigenvalue weighted by Gasteiger charge is 2.46. The van der Waals surface area contributed by atoms with E-state index in [9.17, 15) is 14.4 Å². The quantitative estimate of drug-likeness (QED) is 0.761. The number of hydrogen-bond donors (Lipinski definition) is 2. The van der Waals surface area contributed by atoms with E-state index < -0.39 is 12.1 Å². The molecule has 4 rings (SSSR count). The van der Waals surface area contributed by atoms with Gasteiger partial charge >= 0.3 is 0 Å². The van der Waals surface area contributed by atoms with Crippen LogP contribution in [0.15, 0.2) is 48.5 Å². The predicted octanol–water partition coefficient (Wildman–Crippen LogP) is 1.79. The number of hydrogen-bond acceptors (Lipinski definition) is 4. The molecule has 30 heavy (non-hydrogen) atoms. The second kappa shape index (κ2) is 8.36. The maximum Gasteiger partial charge on any atom is 0.253 e. The Hall–Kier alpha value is -3.06. The van der Waals surface area contributed by atoms with Crippen molar-refractivity contribution in [3.05, 3.63) is 64.7 Å². The van der Waals surface area contributed by atoms with Crippen LogP contribution in [-0.4, -0.2) is 54.4 Å². The maximum atomic E-state index is 13.0. The summed E-state index contributed by atoms with van der Waals surface area (Å²) in [4.78, 5) is 39.7. The summed E-state index contributed by atoms with van der Waals surface area (Å²) in [5.74, 6) is 0.0927. The van der Waals surface area contributed by atoms with Crippen LogP contribution in [0.3, 0.4) is 0 Å². The molecule has 3 atom stereocenters. The van der Waals surface area contributed by atoms with Gasteiger partial charge in [-0.3, -0.25) is 14.4 Å². The SMILES string of the molecule is COc1ccc(C[C@@H]2NC(=O)[C@@H]3C[C@H](NC(=O)c4ccccc4Cl)CN3C2=O)cc1. The number of rotatable bonds is 5. The Balaban J connectivity index is 1.42. The fourth-order valence-corrected chi connectivity index (χ4v) is 4.23. The minimum atomic E-state index is -0.625. The third-order valence-electron chi connectivity index (χ3n) is 5.55. The molecule has 7 nitrogen and oxygen atoms in total. The van der Waals surface area contributed by atoms with Crippen molar-refractivity contribution in [3.63, 3.8) is 0 Å². The maximum absolute atomic E-state index is 13.0. The van der Waals surface area contributed by atoms with Crippen LogP contribution >= 0.6 is 11.6 Å². The molecule has 2 heterocycles. The molecule has 0 saturated carbocycles. The average molecular weight is 428 g/mol. The fraction of sp³-hybridized carbons (Fsp3) is 0.318. The molecule has 2 aliphatic rings. The first kappa shape index (κ1) is 20.2. The Morgan fingerprint density at radius 1 is 1.20 bits per heavy atom. The second-order valence-corrected chi connectivity index (χ2v) is 7.91. The van der Waals surface area contributed by atoms with E-state index in [1.165, 1.54) is 0 Å². The summed E-state index contributed by atoms with van der Waals surface area (Å²) in [5, 5.41) is 6.09. The molecular formula is C22H22ClN3O4. The molecule has 0 aromatic heterocycles. The molecule has 2 saturated heterocycles. The summed E-state index contributed by atoms with van der Waals surface area (Å²) in [6.07, 6.45) is 0.775. The van der Waals surface area contributed by atoms with Crippen LogP contribution in [0.25, 0.3) is 0 Å². The van der Waals surface area contributed by atoms with Crippen molar-refractivity contribution in [2.45, 2.75) is 31.0 Å². The lowest BCUT2D eigenvalue weighted by Crippen LogP contribution is -2.61. The molecule has 156 valence electrons. The Bertz CT molecular complexity index is 979. The van der Waals surface area contributed by atoms with Gasteiger partial charge in [-0.25, -0.2) is 0 Å². The van der Waals surface area contributed by atoms with E-state index in [0.717, 1.165) is 11.3 Å². The van der Waals surface area contributed by atoms with E-state index in [4.69, 9.17) is 16.3 Å². The van der Waals surface area contributed by atoms with Crippen molar-refractivity contribution in [3.8, 4) is 5.75 Å². The number of carbonyl (C=O) groups is 3. The summed E-state index contributed by atoms with van der Waals surface area (Å²) in [5.41, 5.74) is 1.30. The van der Waals surface area contributed by atoms with Gasteiger partial charge in [0, 0.05) is 19.0 Å². The largest absolute Gasteiger partial charge is 0.497 e. The van der Waals surface area contributed by atoms with Crippen LogP contribution in [0.2, 0.25) is 5.02 Å². The second-order valence-electron chi connectivity index (χ2n) is 7.51. The number of halogens is 1. The van der Waals surface area contributed by atoms with Crippen molar-refractivity contribution < 1.29 is 19.1 Å².